The van der Waals surface area contributed by atoms with E-state index in [0.29, 0.717) is 23.8 Å². The van der Waals surface area contributed by atoms with Gasteiger partial charge < -0.3 is 20.4 Å². The standard InChI is InChI=1S/C15H19N3O2/c1-20-9-10-4-5-18(8-10)15(19)13-7-17-14-3-2-11(16)6-12(13)14/h2-3,6-7,10,17H,4-5,8-9,16H2,1H3. The van der Waals surface area contributed by atoms with Gasteiger partial charge in [-0.2, -0.15) is 0 Å². The zero-order valence-corrected chi connectivity index (χ0v) is 11.6. The number of anilines is 1. The summed E-state index contributed by atoms with van der Waals surface area (Å²) in [6, 6.07) is 5.58. The summed E-state index contributed by atoms with van der Waals surface area (Å²) in [6.07, 6.45) is 2.78. The second kappa shape index (κ2) is 5.17. The first-order chi connectivity index (χ1) is 9.69. The third-order valence-electron chi connectivity index (χ3n) is 3.91. The molecule has 3 N–H and O–H groups in total. The first-order valence-corrected chi connectivity index (χ1v) is 6.84. The van der Waals surface area contributed by atoms with E-state index in [9.17, 15) is 4.79 Å². The molecular weight excluding hydrogens is 254 g/mol. The quantitative estimate of drug-likeness (QED) is 0.838. The Kier molecular flexibility index (Phi) is 3.36. The number of nitrogen functional groups attached to an aromatic ring is 1. The maximum atomic E-state index is 12.6. The number of nitrogens with one attached hydrogen (secondary N) is 1. The lowest BCUT2D eigenvalue weighted by atomic mass is 10.1. The van der Waals surface area contributed by atoms with E-state index >= 15 is 0 Å². The molecule has 1 fully saturated rings. The molecule has 0 aliphatic carbocycles. The number of aromatic amines is 1. The minimum absolute atomic E-state index is 0.0699. The van der Waals surface area contributed by atoms with Crippen molar-refractivity contribution in [1.82, 2.24) is 9.88 Å². The Morgan fingerprint density at radius 3 is 3.20 bits per heavy atom. The van der Waals surface area contributed by atoms with Crippen LogP contribution in [-0.4, -0.2) is 42.6 Å². The average molecular weight is 273 g/mol. The molecule has 0 spiro atoms. The minimum atomic E-state index is 0.0699. The monoisotopic (exact) mass is 273 g/mol. The number of carbonyl (C=O) groups excluding carboxylic acids is 1. The molecule has 2 aromatic rings. The number of amides is 1. The molecule has 1 aliphatic heterocycles. The van der Waals surface area contributed by atoms with Crippen LogP contribution < -0.4 is 5.73 Å². The number of ether oxygens (including phenoxy) is 1. The molecule has 5 heteroatoms. The molecule has 106 valence electrons. The first-order valence-electron chi connectivity index (χ1n) is 6.84. The summed E-state index contributed by atoms with van der Waals surface area (Å²) in [4.78, 5) is 17.6. The van der Waals surface area contributed by atoms with E-state index in [-0.39, 0.29) is 5.91 Å². The van der Waals surface area contributed by atoms with Crippen LogP contribution in [0, 0.1) is 5.92 Å². The van der Waals surface area contributed by atoms with E-state index in [2.05, 4.69) is 4.98 Å². The number of nitrogens with zero attached hydrogens (tertiary/aromatic N) is 1. The lowest BCUT2D eigenvalue weighted by Crippen LogP contribution is -2.29. The van der Waals surface area contributed by atoms with Crippen molar-refractivity contribution in [2.24, 2.45) is 5.92 Å². The predicted octanol–water partition coefficient (Wildman–Crippen LogP) is 1.86. The Bertz CT molecular complexity index is 635. The maximum absolute atomic E-state index is 12.6. The van der Waals surface area contributed by atoms with Gasteiger partial charge in [0.15, 0.2) is 0 Å². The van der Waals surface area contributed by atoms with Crippen molar-refractivity contribution >= 4 is 22.5 Å². The SMILES string of the molecule is COCC1CCN(C(=O)c2c[nH]c3ccc(N)cc23)C1. The molecule has 1 amide bonds. The number of H-pyrrole nitrogens is 1. The molecule has 1 saturated heterocycles. The van der Waals surface area contributed by atoms with Crippen molar-refractivity contribution in [1.29, 1.82) is 0 Å². The molecule has 5 nitrogen and oxygen atoms in total. The molecule has 20 heavy (non-hydrogen) atoms. The predicted molar refractivity (Wildman–Crippen MR) is 78.6 cm³/mol. The van der Waals surface area contributed by atoms with Crippen LogP contribution in [0.3, 0.4) is 0 Å². The third-order valence-corrected chi connectivity index (χ3v) is 3.91. The Hall–Kier alpha value is -2.01. The zero-order valence-electron chi connectivity index (χ0n) is 11.6. The van der Waals surface area contributed by atoms with E-state index in [4.69, 9.17) is 10.5 Å². The molecule has 0 saturated carbocycles. The van der Waals surface area contributed by atoms with Gasteiger partial charge in [0, 0.05) is 48.9 Å². The Balaban J connectivity index is 1.84. The number of carbonyl (C=O) groups is 1. The van der Waals surface area contributed by atoms with Gasteiger partial charge in [0.2, 0.25) is 0 Å². The van der Waals surface area contributed by atoms with E-state index in [0.717, 1.165) is 30.4 Å². The highest BCUT2D eigenvalue weighted by molar-refractivity contribution is 6.07. The molecule has 1 aliphatic rings. The number of hydrogen-bond acceptors (Lipinski definition) is 3. The van der Waals surface area contributed by atoms with Gasteiger partial charge in [-0.05, 0) is 24.6 Å². The number of hydrogen-bond donors (Lipinski definition) is 2. The van der Waals surface area contributed by atoms with Crippen molar-refractivity contribution < 1.29 is 9.53 Å². The molecule has 1 unspecified atom stereocenters. The fraction of sp³-hybridized carbons (Fsp3) is 0.400. The molecule has 1 aromatic heterocycles. The Labute approximate surface area is 117 Å². The highest BCUT2D eigenvalue weighted by atomic mass is 16.5. The number of nitrogens with two attached hydrogens (primary N) is 1. The van der Waals surface area contributed by atoms with Crippen LogP contribution in [0.25, 0.3) is 10.9 Å². The molecule has 1 aromatic carbocycles. The molecule has 0 bridgehead atoms. The van der Waals surface area contributed by atoms with Crippen LogP contribution in [0.1, 0.15) is 16.8 Å². The summed E-state index contributed by atoms with van der Waals surface area (Å²) in [5.41, 5.74) is 8.12. The highest BCUT2D eigenvalue weighted by Crippen LogP contribution is 2.25. The number of benzene rings is 1. The minimum Gasteiger partial charge on any atom is -0.399 e. The number of rotatable bonds is 3. The van der Waals surface area contributed by atoms with Crippen molar-refractivity contribution in [3.8, 4) is 0 Å². The van der Waals surface area contributed by atoms with Crippen molar-refractivity contribution in [3.63, 3.8) is 0 Å². The second-order valence-corrected chi connectivity index (χ2v) is 5.37. The third kappa shape index (κ3) is 2.25. The first kappa shape index (κ1) is 13.0. The fourth-order valence-corrected chi connectivity index (χ4v) is 2.87. The summed E-state index contributed by atoms with van der Waals surface area (Å²) in [5, 5.41) is 0.894. The molecular formula is C15H19N3O2. The largest absolute Gasteiger partial charge is 0.399 e. The second-order valence-electron chi connectivity index (χ2n) is 5.37. The normalized spacial score (nSPS) is 18.9. The maximum Gasteiger partial charge on any atom is 0.256 e. The summed E-state index contributed by atoms with van der Waals surface area (Å²) in [7, 11) is 1.70. The number of fused-ring (bicyclic) bond motifs is 1. The van der Waals surface area contributed by atoms with E-state index in [1.807, 2.05) is 23.1 Å². The van der Waals surface area contributed by atoms with Gasteiger partial charge in [0.1, 0.15) is 0 Å². The molecule has 2 heterocycles. The van der Waals surface area contributed by atoms with Crippen LogP contribution in [0.4, 0.5) is 5.69 Å². The van der Waals surface area contributed by atoms with Gasteiger partial charge in [-0.15, -0.1) is 0 Å². The van der Waals surface area contributed by atoms with Crippen molar-refractivity contribution in [2.45, 2.75) is 6.42 Å². The number of aromatic nitrogens is 1. The van der Waals surface area contributed by atoms with Gasteiger partial charge in [0.25, 0.3) is 5.91 Å². The summed E-state index contributed by atoms with van der Waals surface area (Å²) >= 11 is 0. The number of likely N-dealkylation sites (tertiary alicyclic amines) is 1. The molecule has 3 rings (SSSR count). The van der Waals surface area contributed by atoms with Crippen LogP contribution in [0.5, 0.6) is 0 Å². The van der Waals surface area contributed by atoms with Crippen LogP contribution >= 0.6 is 0 Å². The van der Waals surface area contributed by atoms with Crippen LogP contribution in [-0.2, 0) is 4.74 Å². The van der Waals surface area contributed by atoms with Crippen molar-refractivity contribution in [3.05, 3.63) is 30.0 Å². The summed E-state index contributed by atoms with van der Waals surface area (Å²) in [5.74, 6) is 0.514. The summed E-state index contributed by atoms with van der Waals surface area (Å²) in [6.45, 7) is 2.27. The molecule has 1 atom stereocenters. The highest BCUT2D eigenvalue weighted by Gasteiger charge is 2.28. The lowest BCUT2D eigenvalue weighted by molar-refractivity contribution is 0.0777. The van der Waals surface area contributed by atoms with Crippen LogP contribution in [0.15, 0.2) is 24.4 Å². The van der Waals surface area contributed by atoms with Gasteiger partial charge in [-0.3, -0.25) is 4.79 Å². The lowest BCUT2D eigenvalue weighted by Gasteiger charge is -2.16. The van der Waals surface area contributed by atoms with E-state index < -0.39 is 0 Å². The average Bonchev–Trinajstić information content (AvgIpc) is 3.05. The van der Waals surface area contributed by atoms with Gasteiger partial charge in [0.05, 0.1) is 12.2 Å². The summed E-state index contributed by atoms with van der Waals surface area (Å²) < 4.78 is 5.17. The topological polar surface area (TPSA) is 71.3 Å². The van der Waals surface area contributed by atoms with E-state index in [1.165, 1.54) is 0 Å². The zero-order chi connectivity index (χ0) is 14.1. The molecule has 0 radical (unpaired) electrons. The van der Waals surface area contributed by atoms with E-state index in [1.54, 1.807) is 13.3 Å². The van der Waals surface area contributed by atoms with Gasteiger partial charge in [-0.25, -0.2) is 0 Å². The fourth-order valence-electron chi connectivity index (χ4n) is 2.87. The van der Waals surface area contributed by atoms with Crippen molar-refractivity contribution in [2.75, 3.05) is 32.5 Å². The van der Waals surface area contributed by atoms with Crippen LogP contribution in [0.2, 0.25) is 0 Å². The smallest absolute Gasteiger partial charge is 0.256 e. The Morgan fingerprint density at radius 1 is 1.55 bits per heavy atom. The van der Waals surface area contributed by atoms with Gasteiger partial charge >= 0.3 is 0 Å². The number of methoxy groups -OCH3 is 1. The van der Waals surface area contributed by atoms with Gasteiger partial charge in [-0.1, -0.05) is 0 Å². The Morgan fingerprint density at radius 2 is 2.40 bits per heavy atom.